The van der Waals surface area contributed by atoms with Gasteiger partial charge in [0.2, 0.25) is 17.1 Å². The van der Waals surface area contributed by atoms with Crippen LogP contribution in [0, 0.1) is 0 Å². The standard InChI is InChI=1S/2C46H26N2OS.C42H25N3O/c1-3-17-36-33(14-1)34-15-2-4-18-37(34)44-42(36)43-46(49-44)48-40-26-30(22-23-39(40)47-43)28-11-7-10-27(24-28)29-12-8-13-31(25-29)32-19-9-20-38-35-16-5-6-21-41(35)50-45(32)38;1-3-14-36-33(11-1)34-12-2-4-15-37(34)44-42(36)43-46(49-44)48-40-26-31(23-24-39(40)47-43)30-10-7-9-29(25-30)27-19-21-28(22-20-27)32-16-8-17-38-35-13-5-6-18-41(35)50-45(32)38;1-2-14-32-26(9-1)20-22-39-40(32)41-42(46-39)44-35-21-19-30(25-36(35)43-41)28-11-7-10-27(23-28)29-12-8-13-31(24-29)45-37-17-5-3-15-33(37)34-16-4-6-18-38(34)45/h2*1-26H;1-25H. The second kappa shape index (κ2) is 33.4. The maximum Gasteiger partial charge on any atom is 0.246 e. The van der Waals surface area contributed by atoms with Crippen molar-refractivity contribution in [2.75, 3.05) is 0 Å². The first-order chi connectivity index (χ1) is 72.3. The zero-order chi connectivity index (χ0) is 95.7. The molecule has 0 unspecified atom stereocenters. The Hall–Kier alpha value is -19.0. The number of rotatable bonds is 9. The summed E-state index contributed by atoms with van der Waals surface area (Å²) in [5.41, 5.74) is 33.8. The van der Waals surface area contributed by atoms with E-state index in [-0.39, 0.29) is 0 Å². The summed E-state index contributed by atoms with van der Waals surface area (Å²) in [6.07, 6.45) is 0. The molecule has 0 saturated carbocycles. The molecule has 0 spiro atoms. The zero-order valence-electron chi connectivity index (χ0n) is 78.1. The molecule has 32 aromatic rings. The molecule has 0 aliphatic carbocycles. The molecule has 0 amide bonds. The molecule has 12 heteroatoms. The van der Waals surface area contributed by atoms with Crippen molar-refractivity contribution in [3.63, 3.8) is 0 Å². The summed E-state index contributed by atoms with van der Waals surface area (Å²) in [4.78, 5) is 30.3. The van der Waals surface area contributed by atoms with E-state index >= 15 is 0 Å². The third kappa shape index (κ3) is 13.6. The first-order valence-corrected chi connectivity index (χ1v) is 50.8. The Kier molecular flexibility index (Phi) is 18.9. The fraction of sp³-hybridized carbons (Fsp3) is 0. The number of hydrogen-bond donors (Lipinski definition) is 0. The third-order valence-electron chi connectivity index (χ3n) is 29.3. The Labute approximate surface area is 841 Å². The molecule has 9 aromatic heterocycles. The number of benzene rings is 23. The first-order valence-electron chi connectivity index (χ1n) is 49.1. The second-order valence-corrected chi connectivity index (χ2v) is 39.8. The Morgan fingerprint density at radius 1 is 0.185 bits per heavy atom. The molecule has 0 N–H and O–H groups in total. The van der Waals surface area contributed by atoms with Crippen molar-refractivity contribution in [1.82, 2.24) is 34.5 Å². The van der Waals surface area contributed by atoms with Gasteiger partial charge in [0.15, 0.2) is 0 Å². The lowest BCUT2D eigenvalue weighted by molar-refractivity contribution is 0.655. The van der Waals surface area contributed by atoms with E-state index in [1.807, 2.05) is 34.8 Å². The van der Waals surface area contributed by atoms with Crippen LogP contribution >= 0.6 is 22.7 Å². The zero-order valence-corrected chi connectivity index (χ0v) is 79.8. The maximum absolute atomic E-state index is 6.52. The van der Waals surface area contributed by atoms with Crippen LogP contribution in [0.15, 0.2) is 480 Å². The quantitative estimate of drug-likeness (QED) is 0.130. The van der Waals surface area contributed by atoms with Gasteiger partial charge < -0.3 is 17.8 Å². The Morgan fingerprint density at radius 2 is 0.507 bits per heavy atom. The van der Waals surface area contributed by atoms with E-state index in [4.69, 9.17) is 43.2 Å². The number of furan rings is 3. The SMILES string of the molecule is c1cc(-c2ccc(-c3cccc4c3sc3ccccc34)cc2)cc(-c2ccc3nc4c(nc3c2)oc2c3ccccc3c3ccccc3c42)c1.c1cc(-c2cccc(-c3cccc4c3sc3ccccc34)c2)cc(-c2ccc3nc4c(nc3c2)oc2c3ccccc3c3ccccc3c42)c1.c1cc(-c2cccc(-n3c4ccccc4c4ccccc43)c2)cc(-c2ccc3nc4oc5ccc6ccccc6c5c4nc3c2)c1. The molecule has 32 rings (SSSR count). The average molecular weight is 1900 g/mol. The minimum Gasteiger partial charge on any atom is -0.436 e. The van der Waals surface area contributed by atoms with Crippen molar-refractivity contribution >= 4 is 238 Å². The van der Waals surface area contributed by atoms with Gasteiger partial charge in [-0.2, -0.15) is 0 Å². The molecule has 0 bridgehead atoms. The minimum absolute atomic E-state index is 0.561. The van der Waals surface area contributed by atoms with Crippen LogP contribution in [-0.2, 0) is 0 Å². The molecule has 146 heavy (non-hydrogen) atoms. The van der Waals surface area contributed by atoms with Gasteiger partial charge in [0.1, 0.15) is 33.3 Å². The molecule has 9 heterocycles. The van der Waals surface area contributed by atoms with E-state index in [9.17, 15) is 0 Å². The Morgan fingerprint density at radius 3 is 1.01 bits per heavy atom. The molecule has 0 aliphatic heterocycles. The molecule has 0 fully saturated rings. The van der Waals surface area contributed by atoms with Crippen molar-refractivity contribution in [2.24, 2.45) is 0 Å². The summed E-state index contributed by atoms with van der Waals surface area (Å²) in [6.45, 7) is 0. The van der Waals surface area contributed by atoms with Crippen LogP contribution in [0.2, 0.25) is 0 Å². The number of aromatic nitrogens is 7. The summed E-state index contributed by atoms with van der Waals surface area (Å²) in [6, 6.07) is 166. The fourth-order valence-corrected chi connectivity index (χ4v) is 24.9. The molecule has 0 atom stereocenters. The van der Waals surface area contributed by atoms with Crippen LogP contribution in [0.3, 0.4) is 0 Å². The maximum atomic E-state index is 6.52. The van der Waals surface area contributed by atoms with Gasteiger partial charge in [0.05, 0.1) is 60.3 Å². The second-order valence-electron chi connectivity index (χ2n) is 37.7. The molecule has 0 radical (unpaired) electrons. The van der Waals surface area contributed by atoms with Crippen molar-refractivity contribution < 1.29 is 13.3 Å². The van der Waals surface area contributed by atoms with Gasteiger partial charge in [-0.25, -0.2) is 29.9 Å². The van der Waals surface area contributed by atoms with E-state index in [2.05, 4.69) is 460 Å². The monoisotopic (exact) mass is 1900 g/mol. The summed E-state index contributed by atoms with van der Waals surface area (Å²) >= 11 is 3.74. The van der Waals surface area contributed by atoms with Gasteiger partial charge in [0, 0.05) is 67.6 Å². The van der Waals surface area contributed by atoms with E-state index in [1.165, 1.54) is 134 Å². The van der Waals surface area contributed by atoms with Gasteiger partial charge in [-0.1, -0.05) is 364 Å². The van der Waals surface area contributed by atoms with Crippen molar-refractivity contribution in [2.45, 2.75) is 0 Å². The topological polar surface area (TPSA) is 122 Å². The average Bonchev–Trinajstić information content (AvgIpc) is 1.56. The number of hydrogen-bond acceptors (Lipinski definition) is 11. The highest BCUT2D eigenvalue weighted by Crippen LogP contribution is 2.49. The summed E-state index contributed by atoms with van der Waals surface area (Å²) < 4.78 is 26.9. The summed E-state index contributed by atoms with van der Waals surface area (Å²) in [5, 5.41) is 22.3. The minimum atomic E-state index is 0.561. The van der Waals surface area contributed by atoms with Gasteiger partial charge in [0.25, 0.3) is 0 Å². The molecule has 23 aromatic carbocycles. The van der Waals surface area contributed by atoms with Gasteiger partial charge in [-0.05, 0) is 235 Å². The predicted octanol–water partition coefficient (Wildman–Crippen LogP) is 37.5. The lowest BCUT2D eigenvalue weighted by atomic mass is 9.95. The Bertz CT molecular complexity index is 11100. The van der Waals surface area contributed by atoms with Crippen LogP contribution in [0.4, 0.5) is 0 Å². The predicted molar refractivity (Wildman–Crippen MR) is 612 cm³/mol. The van der Waals surface area contributed by atoms with Crippen molar-refractivity contribution in [1.29, 1.82) is 0 Å². The van der Waals surface area contributed by atoms with Crippen molar-refractivity contribution in [3.05, 3.63) is 467 Å². The number of thiophene rings is 2. The van der Waals surface area contributed by atoms with E-state index in [1.54, 1.807) is 0 Å². The highest BCUT2D eigenvalue weighted by atomic mass is 32.1. The van der Waals surface area contributed by atoms with Crippen LogP contribution in [0.1, 0.15) is 0 Å². The third-order valence-corrected chi connectivity index (χ3v) is 31.8. The van der Waals surface area contributed by atoms with Crippen LogP contribution in [-0.4, -0.2) is 34.5 Å². The summed E-state index contributed by atoms with van der Waals surface area (Å²) in [7, 11) is 0. The Balaban J connectivity index is 0.000000102. The molecular formula is C134H77N7O3S2. The van der Waals surface area contributed by atoms with Crippen molar-refractivity contribution in [3.8, 4) is 94.7 Å². The van der Waals surface area contributed by atoms with E-state index in [0.717, 1.165) is 160 Å². The highest BCUT2D eigenvalue weighted by molar-refractivity contribution is 7.26. The lowest BCUT2D eigenvalue weighted by Gasteiger charge is -2.11. The fourth-order valence-electron chi connectivity index (χ4n) is 22.5. The van der Waals surface area contributed by atoms with E-state index < -0.39 is 0 Å². The van der Waals surface area contributed by atoms with Crippen LogP contribution in [0.5, 0.6) is 0 Å². The largest absolute Gasteiger partial charge is 0.436 e. The lowest BCUT2D eigenvalue weighted by Crippen LogP contribution is -1.94. The van der Waals surface area contributed by atoms with E-state index in [0.29, 0.717) is 17.1 Å². The molecule has 678 valence electrons. The normalized spacial score (nSPS) is 12.0. The van der Waals surface area contributed by atoms with Crippen LogP contribution < -0.4 is 0 Å². The number of fused-ring (bicyclic) bond motifs is 33. The van der Waals surface area contributed by atoms with Gasteiger partial charge in [-0.3, -0.25) is 0 Å². The van der Waals surface area contributed by atoms with Crippen LogP contribution in [0.25, 0.3) is 310 Å². The molecule has 0 aliphatic rings. The van der Waals surface area contributed by atoms with Gasteiger partial charge in [-0.15, -0.1) is 22.7 Å². The highest BCUT2D eigenvalue weighted by Gasteiger charge is 2.25. The number of para-hydroxylation sites is 2. The summed E-state index contributed by atoms with van der Waals surface area (Å²) in [5.74, 6) is 0. The van der Waals surface area contributed by atoms with Gasteiger partial charge >= 0.3 is 0 Å². The molecule has 10 nitrogen and oxygen atoms in total. The number of nitrogens with zero attached hydrogens (tertiary/aromatic N) is 7. The molecular weight excluding hydrogens is 1820 g/mol. The molecule has 0 saturated heterocycles. The smallest absolute Gasteiger partial charge is 0.246 e. The first kappa shape index (κ1) is 82.9.